The van der Waals surface area contributed by atoms with Gasteiger partial charge in [-0.25, -0.2) is 9.00 Å². The first kappa shape index (κ1) is 15.5. The SMILES string of the molecule is C=CCOC(=O)N=S(C)(=O)c1ccc2nccc(Cl)c2c1. The average molecular weight is 325 g/mol. The molecule has 0 saturated heterocycles. The molecule has 5 nitrogen and oxygen atoms in total. The maximum atomic E-state index is 12.6. The summed E-state index contributed by atoms with van der Waals surface area (Å²) >= 11 is 6.09. The lowest BCUT2D eigenvalue weighted by molar-refractivity contribution is 0.170. The molecular weight excluding hydrogens is 312 g/mol. The van der Waals surface area contributed by atoms with Gasteiger partial charge in [-0.1, -0.05) is 24.3 Å². The normalized spacial score (nSPS) is 13.4. The second kappa shape index (κ2) is 6.24. The number of fused-ring (bicyclic) bond motifs is 1. The van der Waals surface area contributed by atoms with E-state index in [9.17, 15) is 9.00 Å². The summed E-state index contributed by atoms with van der Waals surface area (Å²) in [6.45, 7) is 3.44. The lowest BCUT2D eigenvalue weighted by atomic mass is 10.2. The van der Waals surface area contributed by atoms with Crippen LogP contribution in [-0.2, 0) is 14.5 Å². The van der Waals surface area contributed by atoms with Crippen molar-refractivity contribution >= 4 is 38.3 Å². The number of rotatable bonds is 3. The first-order valence-electron chi connectivity index (χ1n) is 5.98. The quantitative estimate of drug-likeness (QED) is 0.808. The third-order valence-corrected chi connectivity index (χ3v) is 4.63. The number of pyridine rings is 1. The Balaban J connectivity index is 2.47. The summed E-state index contributed by atoms with van der Waals surface area (Å²) in [5.41, 5.74) is 0.677. The molecule has 2 aromatic rings. The Morgan fingerprint density at radius 2 is 2.29 bits per heavy atom. The fraction of sp³-hybridized carbons (Fsp3) is 0.143. The van der Waals surface area contributed by atoms with Crippen molar-refractivity contribution in [2.75, 3.05) is 12.9 Å². The van der Waals surface area contributed by atoms with Gasteiger partial charge in [-0.3, -0.25) is 4.98 Å². The fourth-order valence-corrected chi connectivity index (χ4v) is 2.99. The van der Waals surface area contributed by atoms with E-state index in [1.165, 1.54) is 12.3 Å². The van der Waals surface area contributed by atoms with Crippen LogP contribution in [0.4, 0.5) is 4.79 Å². The van der Waals surface area contributed by atoms with Gasteiger partial charge in [0, 0.05) is 22.7 Å². The summed E-state index contributed by atoms with van der Waals surface area (Å²) in [5.74, 6) is 0. The van der Waals surface area contributed by atoms with Crippen LogP contribution in [0.2, 0.25) is 5.02 Å². The highest BCUT2D eigenvalue weighted by molar-refractivity contribution is 7.93. The van der Waals surface area contributed by atoms with Crippen molar-refractivity contribution in [3.8, 4) is 0 Å². The van der Waals surface area contributed by atoms with Gasteiger partial charge in [-0.05, 0) is 24.3 Å². The zero-order valence-corrected chi connectivity index (χ0v) is 12.9. The summed E-state index contributed by atoms with van der Waals surface area (Å²) in [5, 5.41) is 1.15. The second-order valence-corrected chi connectivity index (χ2v) is 6.90. The molecule has 1 atom stereocenters. The van der Waals surface area contributed by atoms with E-state index >= 15 is 0 Å². The van der Waals surface area contributed by atoms with E-state index in [4.69, 9.17) is 16.3 Å². The van der Waals surface area contributed by atoms with Crippen LogP contribution in [0.15, 0.2) is 52.4 Å². The molecule has 1 amide bonds. The van der Waals surface area contributed by atoms with Crippen molar-refractivity contribution in [2.45, 2.75) is 4.90 Å². The topological polar surface area (TPSA) is 68.6 Å². The summed E-state index contributed by atoms with van der Waals surface area (Å²) < 4.78 is 20.9. The fourth-order valence-electron chi connectivity index (χ4n) is 1.68. The minimum Gasteiger partial charge on any atom is -0.443 e. The van der Waals surface area contributed by atoms with Crippen LogP contribution in [-0.4, -0.2) is 28.1 Å². The Labute approximate surface area is 127 Å². The van der Waals surface area contributed by atoms with Gasteiger partial charge in [0.15, 0.2) is 0 Å². The largest absolute Gasteiger partial charge is 0.443 e. The van der Waals surface area contributed by atoms with Gasteiger partial charge < -0.3 is 4.74 Å². The first-order chi connectivity index (χ1) is 9.94. The predicted molar refractivity (Wildman–Crippen MR) is 83.1 cm³/mol. The predicted octanol–water partition coefficient (Wildman–Crippen LogP) is 3.67. The number of halogens is 1. The molecule has 0 fully saturated rings. The van der Waals surface area contributed by atoms with Crippen molar-refractivity contribution < 1.29 is 13.7 Å². The van der Waals surface area contributed by atoms with Gasteiger partial charge >= 0.3 is 6.09 Å². The van der Waals surface area contributed by atoms with Crippen molar-refractivity contribution in [3.63, 3.8) is 0 Å². The van der Waals surface area contributed by atoms with Gasteiger partial charge in [-0.2, -0.15) is 0 Å². The molecule has 0 saturated carbocycles. The number of amides is 1. The first-order valence-corrected chi connectivity index (χ1v) is 8.28. The van der Waals surface area contributed by atoms with Gasteiger partial charge in [0.25, 0.3) is 0 Å². The lowest BCUT2D eigenvalue weighted by Gasteiger charge is -2.06. The number of aromatic nitrogens is 1. The molecule has 1 heterocycles. The minimum atomic E-state index is -2.92. The molecule has 7 heteroatoms. The summed E-state index contributed by atoms with van der Waals surface area (Å²) in [6, 6.07) is 6.56. The van der Waals surface area contributed by atoms with Gasteiger partial charge in [0.05, 0.1) is 20.3 Å². The van der Waals surface area contributed by atoms with E-state index in [-0.39, 0.29) is 6.61 Å². The van der Waals surface area contributed by atoms with Crippen molar-refractivity contribution in [3.05, 3.63) is 48.1 Å². The number of hydrogen-bond donors (Lipinski definition) is 0. The molecule has 0 aliphatic heterocycles. The Kier molecular flexibility index (Phi) is 4.59. The molecule has 1 unspecified atom stereocenters. The Bertz CT molecular complexity index is 826. The summed E-state index contributed by atoms with van der Waals surface area (Å²) in [7, 11) is -2.92. The number of nitrogens with zero attached hydrogens (tertiary/aromatic N) is 2. The van der Waals surface area contributed by atoms with Crippen LogP contribution in [0, 0.1) is 0 Å². The van der Waals surface area contributed by atoms with Crippen LogP contribution in [0.5, 0.6) is 0 Å². The van der Waals surface area contributed by atoms with Gasteiger partial charge in [-0.15, -0.1) is 4.36 Å². The zero-order valence-electron chi connectivity index (χ0n) is 11.3. The molecule has 21 heavy (non-hydrogen) atoms. The highest BCUT2D eigenvalue weighted by atomic mass is 35.5. The van der Waals surface area contributed by atoms with Crippen molar-refractivity contribution in [2.24, 2.45) is 4.36 Å². The average Bonchev–Trinajstić information content (AvgIpc) is 2.44. The van der Waals surface area contributed by atoms with E-state index in [1.807, 2.05) is 0 Å². The molecule has 1 aromatic carbocycles. The Morgan fingerprint density at radius 1 is 1.52 bits per heavy atom. The highest BCUT2D eigenvalue weighted by Crippen LogP contribution is 2.25. The van der Waals surface area contributed by atoms with Crippen LogP contribution in [0.1, 0.15) is 0 Å². The molecule has 0 bridgehead atoms. The van der Waals surface area contributed by atoms with E-state index in [0.717, 1.165) is 0 Å². The summed E-state index contributed by atoms with van der Waals surface area (Å²) in [6.07, 6.45) is 3.48. The minimum absolute atomic E-state index is 0.0192. The monoisotopic (exact) mass is 324 g/mol. The molecule has 0 radical (unpaired) electrons. The molecule has 0 spiro atoms. The second-order valence-electron chi connectivity index (χ2n) is 4.23. The number of carbonyl (C=O) groups is 1. The molecule has 2 rings (SSSR count). The number of hydrogen-bond acceptors (Lipinski definition) is 4. The third kappa shape index (κ3) is 3.59. The molecule has 110 valence electrons. The maximum absolute atomic E-state index is 12.6. The van der Waals surface area contributed by atoms with Gasteiger partial charge in [0.1, 0.15) is 6.61 Å². The molecule has 1 aromatic heterocycles. The lowest BCUT2D eigenvalue weighted by Crippen LogP contribution is -2.05. The molecular formula is C14H13ClN2O3S. The van der Waals surface area contributed by atoms with E-state index in [1.54, 1.807) is 30.5 Å². The van der Waals surface area contributed by atoms with Crippen LogP contribution >= 0.6 is 11.6 Å². The summed E-state index contributed by atoms with van der Waals surface area (Å²) in [4.78, 5) is 16.0. The van der Waals surface area contributed by atoms with Crippen molar-refractivity contribution in [1.29, 1.82) is 0 Å². The van der Waals surface area contributed by atoms with Crippen molar-refractivity contribution in [1.82, 2.24) is 4.98 Å². The van der Waals surface area contributed by atoms with E-state index in [0.29, 0.717) is 20.8 Å². The number of ether oxygens (including phenoxy) is 1. The van der Waals surface area contributed by atoms with Crippen LogP contribution in [0.3, 0.4) is 0 Å². The smallest absolute Gasteiger partial charge is 0.442 e. The van der Waals surface area contributed by atoms with E-state index in [2.05, 4.69) is 15.9 Å². The standard InChI is InChI=1S/C14H13ClN2O3S/c1-3-8-20-14(18)17-21(2,19)10-4-5-13-11(9-10)12(15)6-7-16-13/h3-7,9H,1,8H2,2H3. The van der Waals surface area contributed by atoms with Crippen LogP contribution in [0.25, 0.3) is 10.9 Å². The highest BCUT2D eigenvalue weighted by Gasteiger charge is 2.12. The third-order valence-electron chi connectivity index (χ3n) is 2.67. The molecule has 0 N–H and O–H groups in total. The van der Waals surface area contributed by atoms with Gasteiger partial charge in [0.2, 0.25) is 0 Å². The zero-order chi connectivity index (χ0) is 15.5. The Hall–Kier alpha value is -1.92. The number of carbonyl (C=O) groups excluding carboxylic acids is 1. The molecule has 0 aliphatic carbocycles. The number of benzene rings is 1. The van der Waals surface area contributed by atoms with E-state index < -0.39 is 15.8 Å². The molecule has 0 aliphatic rings. The maximum Gasteiger partial charge on any atom is 0.442 e. The van der Waals surface area contributed by atoms with Crippen LogP contribution < -0.4 is 0 Å². The Morgan fingerprint density at radius 3 is 3.00 bits per heavy atom.